The number of amides is 1. The summed E-state index contributed by atoms with van der Waals surface area (Å²) in [6, 6.07) is 3.80. The summed E-state index contributed by atoms with van der Waals surface area (Å²) in [7, 11) is 0. The number of aliphatic imine (C=N–C) groups is 1. The summed E-state index contributed by atoms with van der Waals surface area (Å²) < 4.78 is 5.33. The number of hydrogen-bond donors (Lipinski definition) is 3. The van der Waals surface area contributed by atoms with Crippen LogP contribution < -0.4 is 16.4 Å². The smallest absolute Gasteiger partial charge is 0.284 e. The molecular weight excluding hydrogens is 268 g/mol. The Labute approximate surface area is 125 Å². The zero-order valence-electron chi connectivity index (χ0n) is 12.5. The first-order valence-electron chi connectivity index (χ1n) is 7.62. The predicted octanol–water partition coefficient (Wildman–Crippen LogP) is 1.77. The van der Waals surface area contributed by atoms with Crippen molar-refractivity contribution < 1.29 is 9.21 Å². The second-order valence-electron chi connectivity index (χ2n) is 5.30. The second kappa shape index (κ2) is 7.71. The lowest BCUT2D eigenvalue weighted by molar-refractivity contribution is 0.0972. The lowest BCUT2D eigenvalue weighted by atomic mass is 9.96. The quantitative estimate of drug-likeness (QED) is 0.569. The molecule has 1 heterocycles. The van der Waals surface area contributed by atoms with Gasteiger partial charge >= 0.3 is 0 Å². The Bertz CT molecular complexity index is 490. The van der Waals surface area contributed by atoms with Crippen molar-refractivity contribution in [2.75, 3.05) is 6.54 Å². The molecule has 1 saturated carbocycles. The van der Waals surface area contributed by atoms with E-state index >= 15 is 0 Å². The molecule has 1 aliphatic rings. The van der Waals surface area contributed by atoms with Crippen LogP contribution >= 0.6 is 0 Å². The van der Waals surface area contributed by atoms with Crippen LogP contribution in [0.5, 0.6) is 0 Å². The van der Waals surface area contributed by atoms with Crippen molar-refractivity contribution >= 4 is 11.9 Å². The number of primary amides is 1. The van der Waals surface area contributed by atoms with Gasteiger partial charge in [-0.25, -0.2) is 4.99 Å². The Balaban J connectivity index is 1.93. The van der Waals surface area contributed by atoms with Gasteiger partial charge in [0.1, 0.15) is 12.3 Å². The summed E-state index contributed by atoms with van der Waals surface area (Å²) >= 11 is 0. The average molecular weight is 292 g/mol. The van der Waals surface area contributed by atoms with Gasteiger partial charge in [-0.3, -0.25) is 4.79 Å². The fourth-order valence-corrected chi connectivity index (χ4v) is 2.51. The normalized spacial score (nSPS) is 16.7. The van der Waals surface area contributed by atoms with Crippen LogP contribution in [0.2, 0.25) is 0 Å². The molecule has 1 aromatic rings. The summed E-state index contributed by atoms with van der Waals surface area (Å²) in [5.74, 6) is 1.04. The number of carbonyl (C=O) groups excluding carboxylic acids is 1. The SMILES string of the molecule is CCNC(=NCc1ccc(C(N)=O)o1)NC1CCCCC1. The molecule has 0 radical (unpaired) electrons. The van der Waals surface area contributed by atoms with Crippen LogP contribution in [0.1, 0.15) is 55.3 Å². The first-order chi connectivity index (χ1) is 10.2. The van der Waals surface area contributed by atoms with Crippen LogP contribution in [0.4, 0.5) is 0 Å². The van der Waals surface area contributed by atoms with Crippen molar-refractivity contribution in [3.8, 4) is 0 Å². The lowest BCUT2D eigenvalue weighted by Crippen LogP contribution is -2.44. The van der Waals surface area contributed by atoms with Crippen LogP contribution in [-0.2, 0) is 6.54 Å². The van der Waals surface area contributed by atoms with Crippen molar-refractivity contribution in [1.82, 2.24) is 10.6 Å². The molecule has 0 aromatic carbocycles. The number of carbonyl (C=O) groups is 1. The molecule has 0 saturated heterocycles. The highest BCUT2D eigenvalue weighted by Crippen LogP contribution is 2.17. The Kier molecular flexibility index (Phi) is 5.66. The molecule has 0 unspecified atom stereocenters. The lowest BCUT2D eigenvalue weighted by Gasteiger charge is -2.24. The van der Waals surface area contributed by atoms with Crippen LogP contribution in [0, 0.1) is 0 Å². The number of nitrogens with one attached hydrogen (secondary N) is 2. The third kappa shape index (κ3) is 4.81. The molecule has 1 amide bonds. The predicted molar refractivity (Wildman–Crippen MR) is 82.1 cm³/mol. The number of nitrogens with zero attached hydrogens (tertiary/aromatic N) is 1. The third-order valence-corrected chi connectivity index (χ3v) is 3.59. The molecule has 116 valence electrons. The summed E-state index contributed by atoms with van der Waals surface area (Å²) in [6.07, 6.45) is 6.26. The molecule has 1 aromatic heterocycles. The van der Waals surface area contributed by atoms with Crippen molar-refractivity contribution in [3.05, 3.63) is 23.7 Å². The highest BCUT2D eigenvalue weighted by Gasteiger charge is 2.14. The maximum absolute atomic E-state index is 11.0. The van der Waals surface area contributed by atoms with Gasteiger partial charge < -0.3 is 20.8 Å². The van der Waals surface area contributed by atoms with E-state index in [1.54, 1.807) is 12.1 Å². The van der Waals surface area contributed by atoms with Gasteiger partial charge in [0.05, 0.1) is 0 Å². The van der Waals surface area contributed by atoms with E-state index in [0.717, 1.165) is 12.5 Å². The van der Waals surface area contributed by atoms with Gasteiger partial charge in [0, 0.05) is 12.6 Å². The van der Waals surface area contributed by atoms with Crippen molar-refractivity contribution in [1.29, 1.82) is 0 Å². The topological polar surface area (TPSA) is 92.6 Å². The Morgan fingerprint density at radius 1 is 1.38 bits per heavy atom. The minimum absolute atomic E-state index is 0.172. The molecule has 1 aliphatic carbocycles. The van der Waals surface area contributed by atoms with Crippen molar-refractivity contribution in [3.63, 3.8) is 0 Å². The van der Waals surface area contributed by atoms with Gasteiger partial charge in [0.15, 0.2) is 11.7 Å². The van der Waals surface area contributed by atoms with Crippen molar-refractivity contribution in [2.45, 2.75) is 51.6 Å². The molecule has 0 spiro atoms. The largest absolute Gasteiger partial charge is 0.454 e. The fourth-order valence-electron chi connectivity index (χ4n) is 2.51. The molecule has 0 atom stereocenters. The van der Waals surface area contributed by atoms with E-state index in [-0.39, 0.29) is 5.76 Å². The van der Waals surface area contributed by atoms with E-state index in [1.165, 1.54) is 32.1 Å². The van der Waals surface area contributed by atoms with Gasteiger partial charge in [-0.2, -0.15) is 0 Å². The summed E-state index contributed by atoms with van der Waals surface area (Å²) in [6.45, 7) is 3.23. The number of nitrogens with two attached hydrogens (primary N) is 1. The summed E-state index contributed by atoms with van der Waals surface area (Å²) in [5, 5.41) is 6.70. The summed E-state index contributed by atoms with van der Waals surface area (Å²) in [4.78, 5) is 15.5. The van der Waals surface area contributed by atoms with E-state index in [1.807, 2.05) is 6.92 Å². The van der Waals surface area contributed by atoms with Gasteiger partial charge in [0.2, 0.25) is 0 Å². The third-order valence-electron chi connectivity index (χ3n) is 3.59. The molecule has 1 fully saturated rings. The average Bonchev–Trinajstić information content (AvgIpc) is 2.95. The number of guanidine groups is 1. The molecule has 2 rings (SSSR count). The van der Waals surface area contributed by atoms with Crippen LogP contribution in [0.25, 0.3) is 0 Å². The number of furan rings is 1. The zero-order chi connectivity index (χ0) is 15.1. The first kappa shape index (κ1) is 15.4. The molecule has 6 heteroatoms. The minimum Gasteiger partial charge on any atom is -0.454 e. The van der Waals surface area contributed by atoms with Crippen LogP contribution in [0.3, 0.4) is 0 Å². The van der Waals surface area contributed by atoms with Gasteiger partial charge in [-0.15, -0.1) is 0 Å². The molecule has 0 bridgehead atoms. The Morgan fingerprint density at radius 3 is 2.76 bits per heavy atom. The van der Waals surface area contributed by atoms with E-state index in [4.69, 9.17) is 10.2 Å². The molecule has 21 heavy (non-hydrogen) atoms. The van der Waals surface area contributed by atoms with E-state index in [9.17, 15) is 4.79 Å². The second-order valence-corrected chi connectivity index (χ2v) is 5.30. The van der Waals surface area contributed by atoms with E-state index in [2.05, 4.69) is 15.6 Å². The van der Waals surface area contributed by atoms with E-state index < -0.39 is 5.91 Å². The van der Waals surface area contributed by atoms with Gasteiger partial charge in [-0.05, 0) is 31.9 Å². The van der Waals surface area contributed by atoms with Crippen LogP contribution in [-0.4, -0.2) is 24.5 Å². The molecular formula is C15H24N4O2. The standard InChI is InChI=1S/C15H24N4O2/c1-2-17-15(19-11-6-4-3-5-7-11)18-10-12-8-9-13(21-12)14(16)20/h8-9,11H,2-7,10H2,1H3,(H2,16,20)(H2,17,18,19). The molecule has 0 aliphatic heterocycles. The Morgan fingerprint density at radius 2 is 2.14 bits per heavy atom. The monoisotopic (exact) mass is 292 g/mol. The summed E-state index contributed by atoms with van der Waals surface area (Å²) in [5.41, 5.74) is 5.16. The first-order valence-corrected chi connectivity index (χ1v) is 7.62. The maximum Gasteiger partial charge on any atom is 0.284 e. The minimum atomic E-state index is -0.558. The van der Waals surface area contributed by atoms with Gasteiger partial charge in [-0.1, -0.05) is 19.3 Å². The van der Waals surface area contributed by atoms with Gasteiger partial charge in [0.25, 0.3) is 5.91 Å². The molecule has 6 nitrogen and oxygen atoms in total. The van der Waals surface area contributed by atoms with Crippen LogP contribution in [0.15, 0.2) is 21.5 Å². The maximum atomic E-state index is 11.0. The van der Waals surface area contributed by atoms with Crippen molar-refractivity contribution in [2.24, 2.45) is 10.7 Å². The number of rotatable bonds is 5. The van der Waals surface area contributed by atoms with E-state index in [0.29, 0.717) is 18.3 Å². The Hall–Kier alpha value is -1.98. The fraction of sp³-hybridized carbons (Fsp3) is 0.600. The number of hydrogen-bond acceptors (Lipinski definition) is 3. The highest BCUT2D eigenvalue weighted by atomic mass is 16.3. The highest BCUT2D eigenvalue weighted by molar-refractivity contribution is 5.89. The zero-order valence-corrected chi connectivity index (χ0v) is 12.5. The molecule has 4 N–H and O–H groups in total.